The number of hydrogen-bond acceptors (Lipinski definition) is 2. The third kappa shape index (κ3) is 6.65. The van der Waals surface area contributed by atoms with Crippen LogP contribution in [0.3, 0.4) is 0 Å². The van der Waals surface area contributed by atoms with Crippen LogP contribution in [-0.2, 0) is 6.42 Å². The average Bonchev–Trinajstić information content (AvgIpc) is 2.72. The van der Waals surface area contributed by atoms with Gasteiger partial charge in [0.25, 0.3) is 0 Å². The zero-order chi connectivity index (χ0) is 24.1. The van der Waals surface area contributed by atoms with Crippen LogP contribution in [-0.4, -0.2) is 11.2 Å². The molecule has 3 rings (SSSR count). The van der Waals surface area contributed by atoms with Crippen molar-refractivity contribution in [3.05, 3.63) is 58.2 Å². The normalized spacial score (nSPS) is 22.6. The predicted octanol–water partition coefficient (Wildman–Crippen LogP) is 9.24. The van der Waals surface area contributed by atoms with E-state index in [1.807, 2.05) is 0 Å². The highest BCUT2D eigenvalue weighted by Gasteiger charge is 2.34. The molecule has 2 heteroatoms. The van der Waals surface area contributed by atoms with Gasteiger partial charge in [-0.2, -0.15) is 0 Å². The lowest BCUT2D eigenvalue weighted by atomic mass is 9.88. The van der Waals surface area contributed by atoms with Crippen molar-refractivity contribution in [1.29, 1.82) is 0 Å². The molecule has 0 aliphatic carbocycles. The molecule has 0 spiro atoms. The Kier molecular flexibility index (Phi) is 8.32. The molecular formula is C31H44O2. The summed E-state index contributed by atoms with van der Waals surface area (Å²) in [5.74, 6) is 1.98. The van der Waals surface area contributed by atoms with Gasteiger partial charge >= 0.3 is 0 Å². The van der Waals surface area contributed by atoms with Crippen LogP contribution in [0.1, 0.15) is 110 Å². The Morgan fingerprint density at radius 1 is 0.818 bits per heavy atom. The molecule has 0 N–H and O–H groups in total. The molecule has 2 heterocycles. The van der Waals surface area contributed by atoms with E-state index in [0.29, 0.717) is 0 Å². The summed E-state index contributed by atoms with van der Waals surface area (Å²) in [6, 6.07) is 2.28. The lowest BCUT2D eigenvalue weighted by molar-refractivity contribution is 0.116. The predicted molar refractivity (Wildman–Crippen MR) is 143 cm³/mol. The zero-order valence-corrected chi connectivity index (χ0v) is 22.0. The third-order valence-electron chi connectivity index (χ3n) is 6.73. The van der Waals surface area contributed by atoms with Gasteiger partial charge in [-0.25, -0.2) is 0 Å². The summed E-state index contributed by atoms with van der Waals surface area (Å²) in [7, 11) is 0. The molecular weight excluding hydrogens is 404 g/mol. The summed E-state index contributed by atoms with van der Waals surface area (Å²) in [6.07, 6.45) is 22.4. The Balaban J connectivity index is 1.93. The first-order valence-electron chi connectivity index (χ1n) is 12.9. The van der Waals surface area contributed by atoms with E-state index in [1.54, 1.807) is 0 Å². The minimum absolute atomic E-state index is 0.287. The van der Waals surface area contributed by atoms with Crippen LogP contribution < -0.4 is 9.47 Å². The molecule has 0 amide bonds. The highest BCUT2D eigenvalue weighted by molar-refractivity contribution is 5.77. The zero-order valence-electron chi connectivity index (χ0n) is 22.0. The van der Waals surface area contributed by atoms with Gasteiger partial charge in [-0.15, -0.1) is 0 Å². The fourth-order valence-electron chi connectivity index (χ4n) is 4.66. The molecule has 180 valence electrons. The maximum Gasteiger partial charge on any atom is 0.139 e. The summed E-state index contributed by atoms with van der Waals surface area (Å²) in [4.78, 5) is 0. The second kappa shape index (κ2) is 10.8. The Hall–Kier alpha value is -2.22. The van der Waals surface area contributed by atoms with E-state index in [2.05, 4.69) is 91.0 Å². The van der Waals surface area contributed by atoms with Crippen molar-refractivity contribution >= 4 is 12.2 Å². The molecule has 2 aliphatic heterocycles. The highest BCUT2D eigenvalue weighted by atomic mass is 16.5. The Bertz CT molecular complexity index is 954. The molecule has 2 unspecified atom stereocenters. The lowest BCUT2D eigenvalue weighted by Crippen LogP contribution is -2.34. The Morgan fingerprint density at radius 3 is 1.97 bits per heavy atom. The molecule has 2 nitrogen and oxygen atoms in total. The molecule has 0 fully saturated rings. The number of rotatable bonds is 10. The monoisotopic (exact) mass is 448 g/mol. The Labute approximate surface area is 202 Å². The largest absolute Gasteiger partial charge is 0.483 e. The molecule has 1 aromatic carbocycles. The maximum atomic E-state index is 6.77. The van der Waals surface area contributed by atoms with Crippen molar-refractivity contribution in [1.82, 2.24) is 0 Å². The third-order valence-corrected chi connectivity index (χ3v) is 6.73. The number of aryl methyl sites for hydroxylation is 1. The van der Waals surface area contributed by atoms with Gasteiger partial charge in [-0.3, -0.25) is 0 Å². The molecule has 0 aromatic heterocycles. The Morgan fingerprint density at radius 2 is 1.39 bits per heavy atom. The summed E-state index contributed by atoms with van der Waals surface area (Å²) in [6.45, 7) is 15.3. The van der Waals surface area contributed by atoms with Crippen LogP contribution in [0.4, 0.5) is 0 Å². The highest BCUT2D eigenvalue weighted by Crippen LogP contribution is 2.46. The van der Waals surface area contributed by atoms with E-state index >= 15 is 0 Å². The smallest absolute Gasteiger partial charge is 0.139 e. The van der Waals surface area contributed by atoms with Gasteiger partial charge < -0.3 is 9.47 Å². The number of ether oxygens (including phenoxy) is 2. The van der Waals surface area contributed by atoms with Crippen LogP contribution in [0.5, 0.6) is 11.5 Å². The van der Waals surface area contributed by atoms with E-state index in [1.165, 1.54) is 41.5 Å². The van der Waals surface area contributed by atoms with Gasteiger partial charge in [0.2, 0.25) is 0 Å². The van der Waals surface area contributed by atoms with E-state index in [9.17, 15) is 0 Å². The maximum absolute atomic E-state index is 6.77. The molecule has 0 saturated heterocycles. The van der Waals surface area contributed by atoms with Crippen molar-refractivity contribution in [2.45, 2.75) is 111 Å². The van der Waals surface area contributed by atoms with Crippen molar-refractivity contribution in [2.24, 2.45) is 0 Å². The molecule has 33 heavy (non-hydrogen) atoms. The van der Waals surface area contributed by atoms with Gasteiger partial charge in [-0.05, 0) is 110 Å². The molecule has 2 aliphatic rings. The van der Waals surface area contributed by atoms with Gasteiger partial charge in [0.05, 0.1) is 5.56 Å². The van der Waals surface area contributed by atoms with Crippen LogP contribution in [0.25, 0.3) is 12.2 Å². The number of allylic oxidation sites excluding steroid dienone is 4. The van der Waals surface area contributed by atoms with E-state index in [4.69, 9.17) is 9.47 Å². The first kappa shape index (κ1) is 25.4. The summed E-state index contributed by atoms with van der Waals surface area (Å²) < 4.78 is 13.4. The average molecular weight is 449 g/mol. The summed E-state index contributed by atoms with van der Waals surface area (Å²) in [5.41, 5.74) is 5.82. The lowest BCUT2D eigenvalue weighted by Gasteiger charge is -2.37. The first-order chi connectivity index (χ1) is 15.6. The molecule has 2 atom stereocenters. The number of fused-ring (bicyclic) bond motifs is 3. The van der Waals surface area contributed by atoms with E-state index in [-0.39, 0.29) is 11.2 Å². The summed E-state index contributed by atoms with van der Waals surface area (Å²) in [5, 5.41) is 0. The molecule has 0 bridgehead atoms. The van der Waals surface area contributed by atoms with Crippen LogP contribution in [0.15, 0.2) is 41.5 Å². The second-order valence-electron chi connectivity index (χ2n) is 10.8. The van der Waals surface area contributed by atoms with Gasteiger partial charge in [0, 0.05) is 5.56 Å². The topological polar surface area (TPSA) is 18.5 Å². The standard InChI is InChI=1S/C31H44O2/c1-8-9-10-15-25-22-28-27(17-21-30(6,32-28)18-11-13-23(2)3)29-26(25)16-20-31(7,33-29)19-12-14-24(4)5/h13-14,16-17,20-22H,8-12,15,18-19H2,1-7H3. The van der Waals surface area contributed by atoms with Crippen LogP contribution in [0.2, 0.25) is 0 Å². The number of hydrogen-bond donors (Lipinski definition) is 0. The van der Waals surface area contributed by atoms with Crippen molar-refractivity contribution < 1.29 is 9.47 Å². The molecule has 0 radical (unpaired) electrons. The van der Waals surface area contributed by atoms with Crippen LogP contribution >= 0.6 is 0 Å². The van der Waals surface area contributed by atoms with E-state index < -0.39 is 0 Å². The first-order valence-corrected chi connectivity index (χ1v) is 12.9. The SMILES string of the molecule is CCCCCc1cc2c(c3c1C=CC(C)(CCC=C(C)C)O3)C=CC(C)(CCC=C(C)C)O2. The van der Waals surface area contributed by atoms with Gasteiger partial charge in [0.1, 0.15) is 22.7 Å². The second-order valence-corrected chi connectivity index (χ2v) is 10.8. The fourth-order valence-corrected chi connectivity index (χ4v) is 4.66. The van der Waals surface area contributed by atoms with Gasteiger partial charge in [0.15, 0.2) is 0 Å². The fraction of sp³-hybridized carbons (Fsp3) is 0.548. The molecule has 1 aromatic rings. The summed E-state index contributed by atoms with van der Waals surface area (Å²) >= 11 is 0. The van der Waals surface area contributed by atoms with Crippen molar-refractivity contribution in [3.8, 4) is 11.5 Å². The quantitative estimate of drug-likeness (QED) is 0.262. The number of unbranched alkanes of at least 4 members (excludes halogenated alkanes) is 2. The van der Waals surface area contributed by atoms with Crippen LogP contribution in [0, 0.1) is 0 Å². The van der Waals surface area contributed by atoms with Crippen molar-refractivity contribution in [2.75, 3.05) is 0 Å². The van der Waals surface area contributed by atoms with Crippen molar-refractivity contribution in [3.63, 3.8) is 0 Å². The minimum Gasteiger partial charge on any atom is -0.483 e. The van der Waals surface area contributed by atoms with E-state index in [0.717, 1.165) is 49.2 Å². The van der Waals surface area contributed by atoms with Gasteiger partial charge in [-0.1, -0.05) is 49.1 Å². The number of benzene rings is 1. The molecule has 0 saturated carbocycles. The minimum atomic E-state index is -0.299.